The Hall–Kier alpha value is -0.380. The first-order chi connectivity index (χ1) is 6.77. The van der Waals surface area contributed by atoms with Gasteiger partial charge in [-0.05, 0) is 17.5 Å². The van der Waals surface area contributed by atoms with Gasteiger partial charge in [-0.3, -0.25) is 0 Å². The number of hydrogen-bond donors (Lipinski definition) is 1. The van der Waals surface area contributed by atoms with E-state index in [1.807, 2.05) is 17.5 Å². The minimum Gasteiger partial charge on any atom is -0.495 e. The minimum absolute atomic E-state index is 0.449. The lowest BCUT2D eigenvalue weighted by molar-refractivity contribution is 0.417. The van der Waals surface area contributed by atoms with Gasteiger partial charge >= 0.3 is 0 Å². The van der Waals surface area contributed by atoms with Gasteiger partial charge in [-0.2, -0.15) is 0 Å². The Bertz CT molecular complexity index is 464. The average Bonchev–Trinajstić information content (AvgIpc) is 2.66. The van der Waals surface area contributed by atoms with Crippen LogP contribution in [0, 0.1) is 0 Å². The molecule has 2 aromatic rings. The van der Waals surface area contributed by atoms with Crippen LogP contribution in [-0.4, -0.2) is 7.11 Å². The molecule has 0 saturated carbocycles. The highest BCUT2D eigenvalue weighted by molar-refractivity contribution is 7.80. The van der Waals surface area contributed by atoms with Gasteiger partial charge in [0.2, 0.25) is 0 Å². The van der Waals surface area contributed by atoms with Gasteiger partial charge in [-0.15, -0.1) is 35.6 Å². The maximum atomic E-state index is 5.84. The number of halogens is 1. The Balaban J connectivity index is 2.82. The number of alkyl halides is 1. The van der Waals surface area contributed by atoms with Crippen LogP contribution in [0.3, 0.4) is 0 Å². The van der Waals surface area contributed by atoms with Gasteiger partial charge in [0.25, 0.3) is 0 Å². The van der Waals surface area contributed by atoms with Gasteiger partial charge in [0.05, 0.1) is 17.7 Å². The molecule has 0 spiro atoms. The topological polar surface area (TPSA) is 9.23 Å². The number of hydrogen-bond acceptors (Lipinski definition) is 3. The van der Waals surface area contributed by atoms with Crippen LogP contribution in [0.25, 0.3) is 10.1 Å². The van der Waals surface area contributed by atoms with Crippen molar-refractivity contribution in [1.29, 1.82) is 0 Å². The normalized spacial score (nSPS) is 10.8. The number of thiol groups is 1. The van der Waals surface area contributed by atoms with Crippen molar-refractivity contribution in [3.8, 4) is 5.75 Å². The summed E-state index contributed by atoms with van der Waals surface area (Å²) in [5.74, 6) is 1.33. The third kappa shape index (κ3) is 1.49. The Morgan fingerprint density at radius 2 is 2.36 bits per heavy atom. The molecular weight excluding hydrogens is 236 g/mol. The Morgan fingerprint density at radius 3 is 3.00 bits per heavy atom. The lowest BCUT2D eigenvalue weighted by atomic mass is 10.1. The summed E-state index contributed by atoms with van der Waals surface area (Å²) in [7, 11) is 1.67. The Labute approximate surface area is 97.1 Å². The summed E-state index contributed by atoms with van der Waals surface area (Å²) < 4.78 is 6.48. The van der Waals surface area contributed by atoms with E-state index in [9.17, 15) is 0 Å². The number of fused-ring (bicyclic) bond motifs is 1. The molecule has 0 unspecified atom stereocenters. The van der Waals surface area contributed by atoms with E-state index in [-0.39, 0.29) is 0 Å². The predicted molar refractivity (Wildman–Crippen MR) is 65.2 cm³/mol. The summed E-state index contributed by atoms with van der Waals surface area (Å²) in [6.07, 6.45) is 0. The molecule has 2 rings (SSSR count). The summed E-state index contributed by atoms with van der Waals surface area (Å²) in [5, 5.41) is 3.16. The third-order valence-corrected chi connectivity index (χ3v) is 3.67. The summed E-state index contributed by atoms with van der Waals surface area (Å²) in [6.45, 7) is 0. The molecule has 0 fully saturated rings. The lowest BCUT2D eigenvalue weighted by Crippen LogP contribution is -1.90. The van der Waals surface area contributed by atoms with Crippen molar-refractivity contribution >= 4 is 45.7 Å². The molecule has 0 N–H and O–H groups in total. The van der Waals surface area contributed by atoms with Gasteiger partial charge in [-0.25, -0.2) is 0 Å². The van der Waals surface area contributed by atoms with Gasteiger partial charge in [0.15, 0.2) is 0 Å². The molecule has 0 amide bonds. The highest BCUT2D eigenvalue weighted by Gasteiger charge is 2.11. The van der Waals surface area contributed by atoms with E-state index >= 15 is 0 Å². The Kier molecular flexibility index (Phi) is 2.91. The molecule has 14 heavy (non-hydrogen) atoms. The third-order valence-electron chi connectivity index (χ3n) is 2.10. The van der Waals surface area contributed by atoms with Crippen LogP contribution in [0.2, 0.25) is 0 Å². The van der Waals surface area contributed by atoms with Crippen LogP contribution in [0.4, 0.5) is 0 Å². The second-order valence-electron chi connectivity index (χ2n) is 2.89. The first-order valence-electron chi connectivity index (χ1n) is 4.10. The first kappa shape index (κ1) is 10.1. The van der Waals surface area contributed by atoms with Crippen molar-refractivity contribution in [2.75, 3.05) is 7.11 Å². The van der Waals surface area contributed by atoms with Gasteiger partial charge in [-0.1, -0.05) is 0 Å². The standard InChI is InChI=1S/C10H9ClOS2/c1-12-9-6(5-11)4-8(13)7-2-3-14-10(7)9/h2-4,13H,5H2,1H3. The van der Waals surface area contributed by atoms with Crippen LogP contribution in [0.5, 0.6) is 5.75 Å². The fraction of sp³-hybridized carbons (Fsp3) is 0.200. The molecule has 74 valence electrons. The molecule has 1 nitrogen and oxygen atoms in total. The molecule has 0 radical (unpaired) electrons. The minimum atomic E-state index is 0.449. The zero-order chi connectivity index (χ0) is 10.1. The largest absolute Gasteiger partial charge is 0.495 e. The number of methoxy groups -OCH3 is 1. The first-order valence-corrected chi connectivity index (χ1v) is 5.96. The SMILES string of the molecule is COc1c(CCl)cc(S)c2ccsc12. The summed E-state index contributed by atoms with van der Waals surface area (Å²) in [5.41, 5.74) is 0.995. The summed E-state index contributed by atoms with van der Waals surface area (Å²) >= 11 is 11.9. The molecule has 0 atom stereocenters. The molecule has 1 heterocycles. The van der Waals surface area contributed by atoms with Crippen LogP contribution in [0.1, 0.15) is 5.56 Å². The van der Waals surface area contributed by atoms with Crippen molar-refractivity contribution in [3.63, 3.8) is 0 Å². The van der Waals surface area contributed by atoms with E-state index in [0.29, 0.717) is 5.88 Å². The maximum absolute atomic E-state index is 5.84. The fourth-order valence-corrected chi connectivity index (χ4v) is 3.05. The molecule has 1 aromatic heterocycles. The van der Waals surface area contributed by atoms with Crippen molar-refractivity contribution in [1.82, 2.24) is 0 Å². The van der Waals surface area contributed by atoms with E-state index < -0.39 is 0 Å². The Morgan fingerprint density at radius 1 is 1.57 bits per heavy atom. The molecule has 4 heteroatoms. The van der Waals surface area contributed by atoms with Crippen molar-refractivity contribution in [3.05, 3.63) is 23.1 Å². The smallest absolute Gasteiger partial charge is 0.141 e. The molecular formula is C10H9ClOS2. The molecule has 0 aliphatic rings. The van der Waals surface area contributed by atoms with E-state index in [2.05, 4.69) is 12.6 Å². The highest BCUT2D eigenvalue weighted by Crippen LogP contribution is 2.38. The molecule has 0 saturated heterocycles. The highest BCUT2D eigenvalue weighted by atomic mass is 35.5. The number of ether oxygens (including phenoxy) is 1. The summed E-state index contributed by atoms with van der Waals surface area (Å²) in [6, 6.07) is 4.01. The van der Waals surface area contributed by atoms with E-state index in [0.717, 1.165) is 26.3 Å². The second-order valence-corrected chi connectivity index (χ2v) is 4.55. The molecule has 0 bridgehead atoms. The predicted octanol–water partition coefficient (Wildman–Crippen LogP) is 3.94. The monoisotopic (exact) mass is 244 g/mol. The van der Waals surface area contributed by atoms with Crippen LogP contribution in [-0.2, 0) is 5.88 Å². The van der Waals surface area contributed by atoms with E-state index in [1.165, 1.54) is 0 Å². The maximum Gasteiger partial charge on any atom is 0.141 e. The van der Waals surface area contributed by atoms with E-state index in [1.54, 1.807) is 18.4 Å². The van der Waals surface area contributed by atoms with Gasteiger partial charge < -0.3 is 4.74 Å². The van der Waals surface area contributed by atoms with Gasteiger partial charge in [0.1, 0.15) is 5.75 Å². The van der Waals surface area contributed by atoms with Crippen molar-refractivity contribution in [2.24, 2.45) is 0 Å². The zero-order valence-electron chi connectivity index (χ0n) is 7.58. The molecule has 0 aliphatic heterocycles. The van der Waals surface area contributed by atoms with E-state index in [4.69, 9.17) is 16.3 Å². The van der Waals surface area contributed by atoms with Crippen molar-refractivity contribution < 1.29 is 4.74 Å². The lowest BCUT2D eigenvalue weighted by Gasteiger charge is -2.08. The van der Waals surface area contributed by atoms with Gasteiger partial charge in [0, 0.05) is 15.8 Å². The molecule has 1 aromatic carbocycles. The second kappa shape index (κ2) is 4.01. The summed E-state index contributed by atoms with van der Waals surface area (Å²) in [4.78, 5) is 0.956. The number of thiophene rings is 1. The number of rotatable bonds is 2. The number of benzene rings is 1. The molecule has 0 aliphatic carbocycles. The van der Waals surface area contributed by atoms with Crippen LogP contribution >= 0.6 is 35.6 Å². The fourth-order valence-electron chi connectivity index (χ4n) is 1.46. The zero-order valence-corrected chi connectivity index (χ0v) is 10.0. The van der Waals surface area contributed by atoms with Crippen LogP contribution < -0.4 is 4.74 Å². The van der Waals surface area contributed by atoms with Crippen molar-refractivity contribution in [2.45, 2.75) is 10.8 Å². The van der Waals surface area contributed by atoms with Crippen LogP contribution in [0.15, 0.2) is 22.4 Å². The quantitative estimate of drug-likeness (QED) is 0.622. The average molecular weight is 245 g/mol.